The third kappa shape index (κ3) is 1.30. The Morgan fingerprint density at radius 3 is 2.77 bits per heavy atom. The number of nitrogens with zero attached hydrogens (tertiary/aromatic N) is 2. The monoisotopic (exact) mass is 186 g/mol. The van der Waals surface area contributed by atoms with E-state index < -0.39 is 11.9 Å². The molecule has 0 amide bonds. The molecule has 0 N–H and O–H groups in total. The van der Waals surface area contributed by atoms with Crippen molar-refractivity contribution in [2.45, 2.75) is 12.7 Å². The molecule has 0 fully saturated rings. The van der Waals surface area contributed by atoms with Crippen LogP contribution in [0.2, 0.25) is 0 Å². The average molecular weight is 186 g/mol. The average Bonchev–Trinajstić information content (AvgIpc) is 2.45. The summed E-state index contributed by atoms with van der Waals surface area (Å²) in [6.45, 7) is 0.104. The summed E-state index contributed by atoms with van der Waals surface area (Å²) in [7, 11) is 0. The molecular weight excluding hydrogens is 181 g/mol. The second-order valence-electron chi connectivity index (χ2n) is 2.70. The van der Waals surface area contributed by atoms with Crippen molar-refractivity contribution in [2.75, 3.05) is 0 Å². The van der Waals surface area contributed by atoms with E-state index in [2.05, 4.69) is 9.98 Å². The molecule has 0 saturated heterocycles. The van der Waals surface area contributed by atoms with Crippen LogP contribution >= 0.6 is 0 Å². The zero-order chi connectivity index (χ0) is 9.47. The van der Waals surface area contributed by atoms with Gasteiger partial charge in [0, 0.05) is 18.0 Å². The molecule has 2 rings (SSSR count). The van der Waals surface area contributed by atoms with Gasteiger partial charge in [0.2, 0.25) is 0 Å². The normalized spacial score (nSPS) is 15.5. The second kappa shape index (κ2) is 2.55. The third-order valence-electron chi connectivity index (χ3n) is 1.84. The maximum absolute atomic E-state index is 12.3. The lowest BCUT2D eigenvalue weighted by atomic mass is 10.1. The molecular formula is C8H5F3N2. The van der Waals surface area contributed by atoms with Crippen LogP contribution in [0.3, 0.4) is 0 Å². The Bertz CT molecular complexity index is 368. The highest BCUT2D eigenvalue weighted by atomic mass is 19.4. The molecule has 0 bridgehead atoms. The topological polar surface area (TPSA) is 25.2 Å². The SMILES string of the molecule is FC(F)(F)C1=NCc2ccncc21. The molecule has 1 aliphatic heterocycles. The van der Waals surface area contributed by atoms with Crippen molar-refractivity contribution in [1.29, 1.82) is 0 Å². The van der Waals surface area contributed by atoms with Gasteiger partial charge in [-0.05, 0) is 11.6 Å². The van der Waals surface area contributed by atoms with Crippen LogP contribution in [0.15, 0.2) is 23.5 Å². The lowest BCUT2D eigenvalue weighted by Gasteiger charge is -2.06. The van der Waals surface area contributed by atoms with Crippen molar-refractivity contribution in [1.82, 2.24) is 4.98 Å². The van der Waals surface area contributed by atoms with Crippen LogP contribution < -0.4 is 0 Å². The Morgan fingerprint density at radius 1 is 1.31 bits per heavy atom. The van der Waals surface area contributed by atoms with Crippen molar-refractivity contribution >= 4 is 5.71 Å². The minimum Gasteiger partial charge on any atom is -0.275 e. The Morgan fingerprint density at radius 2 is 2.08 bits per heavy atom. The van der Waals surface area contributed by atoms with Gasteiger partial charge in [0.15, 0.2) is 0 Å². The lowest BCUT2D eigenvalue weighted by molar-refractivity contribution is -0.0579. The molecule has 1 aromatic heterocycles. The molecule has 0 unspecified atom stereocenters. The molecule has 5 heteroatoms. The number of hydrogen-bond donors (Lipinski definition) is 0. The van der Waals surface area contributed by atoms with Gasteiger partial charge in [-0.25, -0.2) is 0 Å². The van der Waals surface area contributed by atoms with Crippen LogP contribution in [-0.4, -0.2) is 16.9 Å². The summed E-state index contributed by atoms with van der Waals surface area (Å²) in [6.07, 6.45) is -1.70. The number of aliphatic imine (C=N–C) groups is 1. The molecule has 1 aliphatic rings. The molecule has 2 nitrogen and oxygen atoms in total. The van der Waals surface area contributed by atoms with Crippen molar-refractivity contribution < 1.29 is 13.2 Å². The fourth-order valence-electron chi connectivity index (χ4n) is 1.27. The predicted octanol–water partition coefficient (Wildman–Crippen LogP) is 1.95. The minimum absolute atomic E-state index is 0.104. The molecule has 0 saturated carbocycles. The predicted molar refractivity (Wildman–Crippen MR) is 40.5 cm³/mol. The second-order valence-corrected chi connectivity index (χ2v) is 2.70. The zero-order valence-electron chi connectivity index (χ0n) is 6.47. The Hall–Kier alpha value is -1.39. The fraction of sp³-hybridized carbons (Fsp3) is 0.250. The highest BCUT2D eigenvalue weighted by molar-refractivity contribution is 6.07. The maximum atomic E-state index is 12.3. The van der Waals surface area contributed by atoms with Crippen LogP contribution in [0.5, 0.6) is 0 Å². The first-order valence-electron chi connectivity index (χ1n) is 3.64. The summed E-state index contributed by atoms with van der Waals surface area (Å²) in [5.74, 6) is 0. The smallest absolute Gasteiger partial charge is 0.275 e. The summed E-state index contributed by atoms with van der Waals surface area (Å²) in [5.41, 5.74) is -0.118. The van der Waals surface area contributed by atoms with E-state index >= 15 is 0 Å². The van der Waals surface area contributed by atoms with Crippen LogP contribution in [0.4, 0.5) is 13.2 Å². The number of pyridine rings is 1. The quantitative estimate of drug-likeness (QED) is 0.607. The lowest BCUT2D eigenvalue weighted by Crippen LogP contribution is -2.22. The summed E-state index contributed by atoms with van der Waals surface area (Å²) < 4.78 is 36.8. The van der Waals surface area contributed by atoms with Crippen molar-refractivity contribution in [3.8, 4) is 0 Å². The molecule has 0 aromatic carbocycles. The molecule has 0 aliphatic carbocycles. The van der Waals surface area contributed by atoms with Crippen molar-refractivity contribution in [2.24, 2.45) is 4.99 Å². The van der Waals surface area contributed by atoms with E-state index in [1.54, 1.807) is 6.07 Å². The van der Waals surface area contributed by atoms with Crippen molar-refractivity contribution in [3.05, 3.63) is 29.6 Å². The molecule has 0 spiro atoms. The highest BCUT2D eigenvalue weighted by Gasteiger charge is 2.39. The Labute approximate surface area is 72.1 Å². The maximum Gasteiger partial charge on any atom is 0.433 e. The van der Waals surface area contributed by atoms with Gasteiger partial charge in [-0.1, -0.05) is 0 Å². The number of aromatic nitrogens is 1. The van der Waals surface area contributed by atoms with E-state index in [1.807, 2.05) is 0 Å². The van der Waals surface area contributed by atoms with Gasteiger partial charge in [0.1, 0.15) is 5.71 Å². The number of fused-ring (bicyclic) bond motifs is 1. The molecule has 0 radical (unpaired) electrons. The van der Waals surface area contributed by atoms with Gasteiger partial charge in [0.05, 0.1) is 6.54 Å². The number of alkyl halides is 3. The summed E-state index contributed by atoms with van der Waals surface area (Å²) in [6, 6.07) is 1.55. The van der Waals surface area contributed by atoms with Crippen LogP contribution in [0.1, 0.15) is 11.1 Å². The van der Waals surface area contributed by atoms with E-state index in [4.69, 9.17) is 0 Å². The van der Waals surface area contributed by atoms with Crippen LogP contribution in [-0.2, 0) is 6.54 Å². The van der Waals surface area contributed by atoms with Crippen molar-refractivity contribution in [3.63, 3.8) is 0 Å². The number of rotatable bonds is 0. The fourth-order valence-corrected chi connectivity index (χ4v) is 1.27. The highest BCUT2D eigenvalue weighted by Crippen LogP contribution is 2.28. The largest absolute Gasteiger partial charge is 0.433 e. The number of hydrogen-bond acceptors (Lipinski definition) is 2. The van der Waals surface area contributed by atoms with E-state index in [0.717, 1.165) is 0 Å². The molecule has 13 heavy (non-hydrogen) atoms. The zero-order valence-corrected chi connectivity index (χ0v) is 6.47. The van der Waals surface area contributed by atoms with E-state index in [0.29, 0.717) is 5.56 Å². The van der Waals surface area contributed by atoms with Crippen LogP contribution in [0.25, 0.3) is 0 Å². The Balaban J connectivity index is 2.48. The molecule has 1 aromatic rings. The first-order valence-corrected chi connectivity index (χ1v) is 3.64. The van der Waals surface area contributed by atoms with Gasteiger partial charge in [0.25, 0.3) is 0 Å². The number of halogens is 3. The first kappa shape index (κ1) is 8.22. The molecule has 68 valence electrons. The summed E-state index contributed by atoms with van der Waals surface area (Å²) in [5, 5.41) is 0. The van der Waals surface area contributed by atoms with Gasteiger partial charge in [-0.15, -0.1) is 0 Å². The van der Waals surface area contributed by atoms with E-state index in [-0.39, 0.29) is 12.1 Å². The van der Waals surface area contributed by atoms with Crippen LogP contribution in [0, 0.1) is 0 Å². The third-order valence-corrected chi connectivity index (χ3v) is 1.84. The standard InChI is InChI=1S/C8H5F3N2/c9-8(10,11)7-6-4-12-2-1-5(6)3-13-7/h1-2,4H,3H2. The van der Waals surface area contributed by atoms with E-state index in [1.165, 1.54) is 12.4 Å². The summed E-state index contributed by atoms with van der Waals surface area (Å²) >= 11 is 0. The van der Waals surface area contributed by atoms with Gasteiger partial charge in [-0.2, -0.15) is 13.2 Å². The Kier molecular flexibility index (Phi) is 1.61. The van der Waals surface area contributed by atoms with Gasteiger partial charge >= 0.3 is 6.18 Å². The van der Waals surface area contributed by atoms with Gasteiger partial charge in [-0.3, -0.25) is 9.98 Å². The van der Waals surface area contributed by atoms with Gasteiger partial charge < -0.3 is 0 Å². The molecule has 2 heterocycles. The first-order chi connectivity index (χ1) is 6.09. The van der Waals surface area contributed by atoms with E-state index in [9.17, 15) is 13.2 Å². The minimum atomic E-state index is -4.37. The molecule has 0 atom stereocenters. The summed E-state index contributed by atoms with van der Waals surface area (Å²) in [4.78, 5) is 7.07.